The third-order valence-corrected chi connectivity index (χ3v) is 4.12. The maximum absolute atomic E-state index is 5.37. The Labute approximate surface area is 142 Å². The fourth-order valence-electron chi connectivity index (χ4n) is 2.44. The normalized spacial score (nSPS) is 12.9. The van der Waals surface area contributed by atoms with E-state index in [0.29, 0.717) is 0 Å². The fourth-order valence-corrected chi connectivity index (χ4v) is 2.71. The van der Waals surface area contributed by atoms with E-state index in [4.69, 9.17) is 9.47 Å². The predicted octanol–water partition coefficient (Wildman–Crippen LogP) is 4.72. The summed E-state index contributed by atoms with van der Waals surface area (Å²) < 4.78 is 13.8. The number of halogens is 1. The highest BCUT2D eigenvalue weighted by Crippen LogP contribution is 2.35. The lowest BCUT2D eigenvalue weighted by Crippen LogP contribution is -1.97. The fraction of sp³-hybridized carbons (Fsp3) is 0.0556. The molecule has 0 saturated heterocycles. The van der Waals surface area contributed by atoms with E-state index >= 15 is 0 Å². The molecule has 4 rings (SSSR count). The second kappa shape index (κ2) is 5.93. The Morgan fingerprint density at radius 2 is 1.83 bits per heavy atom. The molecule has 0 N–H and O–H groups in total. The van der Waals surface area contributed by atoms with E-state index in [-0.39, 0.29) is 6.79 Å². The minimum atomic E-state index is 0.273. The van der Waals surface area contributed by atoms with E-state index < -0.39 is 0 Å². The Bertz CT molecular complexity index is 869. The molecule has 1 aliphatic rings. The van der Waals surface area contributed by atoms with Crippen LogP contribution in [0.3, 0.4) is 0 Å². The molecular weight excluding hydrogens is 356 g/mol. The van der Waals surface area contributed by atoms with Gasteiger partial charge in [0, 0.05) is 22.4 Å². The van der Waals surface area contributed by atoms with Crippen LogP contribution in [-0.2, 0) is 0 Å². The van der Waals surface area contributed by atoms with Crippen molar-refractivity contribution in [3.05, 3.63) is 71.0 Å². The van der Waals surface area contributed by atoms with Crippen LogP contribution in [-0.4, -0.2) is 17.6 Å². The summed E-state index contributed by atoms with van der Waals surface area (Å²) in [4.78, 5) is 4.54. The summed E-state index contributed by atoms with van der Waals surface area (Å²) >= 11 is 3.46. The van der Waals surface area contributed by atoms with Crippen molar-refractivity contribution in [1.29, 1.82) is 0 Å². The van der Waals surface area contributed by atoms with Crippen LogP contribution in [0.15, 0.2) is 70.3 Å². The first-order valence-electron chi connectivity index (χ1n) is 7.17. The summed E-state index contributed by atoms with van der Waals surface area (Å²) in [5, 5.41) is 0. The summed E-state index contributed by atoms with van der Waals surface area (Å²) in [6.07, 6.45) is 3.86. The molecule has 5 heteroatoms. The SMILES string of the molecule is Brc1ccc(-n2cccc2C=Nc2ccc3c(c2)OCO3)cc1. The molecule has 23 heavy (non-hydrogen) atoms. The van der Waals surface area contributed by atoms with Crippen molar-refractivity contribution in [2.24, 2.45) is 4.99 Å². The summed E-state index contributed by atoms with van der Waals surface area (Å²) in [5.41, 5.74) is 2.92. The minimum absolute atomic E-state index is 0.273. The van der Waals surface area contributed by atoms with Crippen molar-refractivity contribution in [3.8, 4) is 17.2 Å². The van der Waals surface area contributed by atoms with Crippen LogP contribution in [0.4, 0.5) is 5.69 Å². The van der Waals surface area contributed by atoms with Crippen LogP contribution in [0.5, 0.6) is 11.5 Å². The van der Waals surface area contributed by atoms with Gasteiger partial charge in [0.2, 0.25) is 6.79 Å². The first-order chi connectivity index (χ1) is 11.3. The molecule has 0 amide bonds. The molecule has 1 aliphatic heterocycles. The van der Waals surface area contributed by atoms with Gasteiger partial charge in [0.15, 0.2) is 11.5 Å². The monoisotopic (exact) mass is 368 g/mol. The number of fused-ring (bicyclic) bond motifs is 1. The van der Waals surface area contributed by atoms with Crippen molar-refractivity contribution >= 4 is 27.8 Å². The first-order valence-corrected chi connectivity index (χ1v) is 7.96. The molecule has 0 bridgehead atoms. The highest BCUT2D eigenvalue weighted by atomic mass is 79.9. The molecule has 0 spiro atoms. The Hall–Kier alpha value is -2.53. The van der Waals surface area contributed by atoms with E-state index in [2.05, 4.69) is 37.6 Å². The first kappa shape index (κ1) is 14.1. The Morgan fingerprint density at radius 1 is 1.00 bits per heavy atom. The summed E-state index contributed by atoms with van der Waals surface area (Å²) in [5.74, 6) is 1.50. The molecule has 114 valence electrons. The lowest BCUT2D eigenvalue weighted by molar-refractivity contribution is 0.174. The molecule has 0 saturated carbocycles. The average Bonchev–Trinajstić information content (AvgIpc) is 3.22. The molecule has 4 nitrogen and oxygen atoms in total. The van der Waals surface area contributed by atoms with Gasteiger partial charge >= 0.3 is 0 Å². The lowest BCUT2D eigenvalue weighted by Gasteiger charge is -2.06. The summed E-state index contributed by atoms with van der Waals surface area (Å²) in [6, 6.07) is 17.9. The highest BCUT2D eigenvalue weighted by Gasteiger charge is 2.12. The third-order valence-electron chi connectivity index (χ3n) is 3.59. The van der Waals surface area contributed by atoms with Crippen LogP contribution >= 0.6 is 15.9 Å². The zero-order chi connectivity index (χ0) is 15.6. The summed E-state index contributed by atoms with van der Waals surface area (Å²) in [7, 11) is 0. The quantitative estimate of drug-likeness (QED) is 0.627. The maximum Gasteiger partial charge on any atom is 0.231 e. The van der Waals surface area contributed by atoms with Crippen molar-refractivity contribution in [2.75, 3.05) is 6.79 Å². The second-order valence-corrected chi connectivity index (χ2v) is 5.99. The lowest BCUT2D eigenvalue weighted by atomic mass is 10.3. The molecule has 0 atom stereocenters. The number of rotatable bonds is 3. The smallest absolute Gasteiger partial charge is 0.231 e. The Morgan fingerprint density at radius 3 is 2.70 bits per heavy atom. The van der Waals surface area contributed by atoms with Gasteiger partial charge in [0.25, 0.3) is 0 Å². The molecule has 0 unspecified atom stereocenters. The molecule has 0 fully saturated rings. The van der Waals surface area contributed by atoms with E-state index in [1.165, 1.54) is 0 Å². The van der Waals surface area contributed by atoms with Crippen LogP contribution in [0, 0.1) is 0 Å². The summed E-state index contributed by atoms with van der Waals surface area (Å²) in [6.45, 7) is 0.273. The van der Waals surface area contributed by atoms with E-state index in [9.17, 15) is 0 Å². The zero-order valence-electron chi connectivity index (χ0n) is 12.1. The molecule has 2 heterocycles. The van der Waals surface area contributed by atoms with Crippen LogP contribution in [0.1, 0.15) is 5.69 Å². The highest BCUT2D eigenvalue weighted by molar-refractivity contribution is 9.10. The topological polar surface area (TPSA) is 35.8 Å². The van der Waals surface area contributed by atoms with Gasteiger partial charge in [0.05, 0.1) is 17.6 Å². The number of hydrogen-bond donors (Lipinski definition) is 0. The van der Waals surface area contributed by atoms with E-state index in [1.54, 1.807) is 0 Å². The van der Waals surface area contributed by atoms with Crippen molar-refractivity contribution in [1.82, 2.24) is 4.57 Å². The maximum atomic E-state index is 5.37. The van der Waals surface area contributed by atoms with Crippen molar-refractivity contribution in [2.45, 2.75) is 0 Å². The number of benzene rings is 2. The molecule has 3 aromatic rings. The minimum Gasteiger partial charge on any atom is -0.454 e. The van der Waals surface area contributed by atoms with Gasteiger partial charge in [-0.2, -0.15) is 0 Å². The van der Waals surface area contributed by atoms with Gasteiger partial charge in [-0.05, 0) is 48.5 Å². The second-order valence-electron chi connectivity index (χ2n) is 5.08. The van der Waals surface area contributed by atoms with Gasteiger partial charge in [-0.25, -0.2) is 0 Å². The molecule has 0 radical (unpaired) electrons. The van der Waals surface area contributed by atoms with E-state index in [1.807, 2.05) is 54.9 Å². The van der Waals surface area contributed by atoms with Gasteiger partial charge in [-0.3, -0.25) is 4.99 Å². The van der Waals surface area contributed by atoms with Crippen molar-refractivity contribution in [3.63, 3.8) is 0 Å². The zero-order valence-corrected chi connectivity index (χ0v) is 13.7. The molecule has 0 aliphatic carbocycles. The molecule has 1 aromatic heterocycles. The Balaban J connectivity index is 1.62. The van der Waals surface area contributed by atoms with Crippen LogP contribution in [0.25, 0.3) is 5.69 Å². The standard InChI is InChI=1S/C18H13BrN2O2/c19-13-3-6-15(7-4-13)21-9-1-2-16(21)11-20-14-5-8-17-18(10-14)23-12-22-17/h1-11H,12H2. The molecular formula is C18H13BrN2O2. The van der Waals surface area contributed by atoms with Crippen molar-refractivity contribution < 1.29 is 9.47 Å². The van der Waals surface area contributed by atoms with E-state index in [0.717, 1.165) is 33.0 Å². The predicted molar refractivity (Wildman–Crippen MR) is 93.3 cm³/mol. The Kier molecular flexibility index (Phi) is 3.63. The largest absolute Gasteiger partial charge is 0.454 e. The van der Waals surface area contributed by atoms with Crippen LogP contribution in [0.2, 0.25) is 0 Å². The van der Waals surface area contributed by atoms with Gasteiger partial charge in [0.1, 0.15) is 0 Å². The third kappa shape index (κ3) is 2.87. The average molecular weight is 369 g/mol. The number of aromatic nitrogens is 1. The molecule has 2 aromatic carbocycles. The number of nitrogens with zero attached hydrogens (tertiary/aromatic N) is 2. The number of hydrogen-bond acceptors (Lipinski definition) is 3. The van der Waals surface area contributed by atoms with Crippen LogP contribution < -0.4 is 9.47 Å². The number of ether oxygens (including phenoxy) is 2. The van der Waals surface area contributed by atoms with Gasteiger partial charge in [-0.15, -0.1) is 0 Å². The van der Waals surface area contributed by atoms with Gasteiger partial charge in [-0.1, -0.05) is 15.9 Å². The van der Waals surface area contributed by atoms with Gasteiger partial charge < -0.3 is 14.0 Å². The number of aliphatic imine (C=N–C) groups is 1.